The maximum atomic E-state index is 12.2. The van der Waals surface area contributed by atoms with E-state index in [1.54, 1.807) is 19.1 Å². The van der Waals surface area contributed by atoms with Gasteiger partial charge in [0.25, 0.3) is 5.91 Å². The van der Waals surface area contributed by atoms with E-state index in [4.69, 9.17) is 21.7 Å². The van der Waals surface area contributed by atoms with Crippen LogP contribution in [0.2, 0.25) is 0 Å². The molecule has 0 radical (unpaired) electrons. The summed E-state index contributed by atoms with van der Waals surface area (Å²) in [6.07, 6.45) is 3.41. The summed E-state index contributed by atoms with van der Waals surface area (Å²) in [6.45, 7) is 3.30. The first-order valence-corrected chi connectivity index (χ1v) is 7.70. The van der Waals surface area contributed by atoms with Gasteiger partial charge in [-0.2, -0.15) is 0 Å². The highest BCUT2D eigenvalue weighted by atomic mass is 32.2. The lowest BCUT2D eigenvalue weighted by atomic mass is 10.4. The minimum absolute atomic E-state index is 0.150. The third-order valence-electron chi connectivity index (χ3n) is 2.90. The fraction of sp³-hybridized carbons (Fsp3) is 0.462. The van der Waals surface area contributed by atoms with Crippen LogP contribution in [0, 0.1) is 0 Å². The summed E-state index contributed by atoms with van der Waals surface area (Å²) < 4.78 is 10.6. The van der Waals surface area contributed by atoms with Crippen molar-refractivity contribution in [1.82, 2.24) is 9.80 Å². The van der Waals surface area contributed by atoms with E-state index in [-0.39, 0.29) is 19.1 Å². The Morgan fingerprint density at radius 3 is 2.90 bits per heavy atom. The average molecular weight is 328 g/mol. The Hall–Kier alpha value is -1.54. The molecule has 0 unspecified atom stereocenters. The summed E-state index contributed by atoms with van der Waals surface area (Å²) in [5.74, 6) is -0.0338. The Labute approximate surface area is 132 Å². The summed E-state index contributed by atoms with van der Waals surface area (Å²) in [5, 5.41) is 0. The number of amides is 1. The predicted molar refractivity (Wildman–Crippen MR) is 83.3 cm³/mol. The molecular weight excluding hydrogens is 312 g/mol. The number of esters is 1. The number of allylic oxidation sites excluding steroid dienone is 2. The fourth-order valence-corrected chi connectivity index (χ4v) is 3.01. The molecule has 0 saturated carbocycles. The Balaban J connectivity index is 2.05. The zero-order valence-corrected chi connectivity index (χ0v) is 13.5. The summed E-state index contributed by atoms with van der Waals surface area (Å²) in [5.41, 5.74) is 0. The van der Waals surface area contributed by atoms with Crippen molar-refractivity contribution in [2.45, 2.75) is 6.92 Å². The summed E-state index contributed by atoms with van der Waals surface area (Å²) in [7, 11) is 1.92. The highest BCUT2D eigenvalue weighted by molar-refractivity contribution is 8.26. The van der Waals surface area contributed by atoms with Crippen LogP contribution in [0.1, 0.15) is 6.92 Å². The molecule has 0 aromatic heterocycles. The third-order valence-corrected chi connectivity index (χ3v) is 4.29. The summed E-state index contributed by atoms with van der Waals surface area (Å²) >= 11 is 6.30. The summed E-state index contributed by atoms with van der Waals surface area (Å²) in [4.78, 5) is 27.3. The fourth-order valence-electron chi connectivity index (χ4n) is 1.82. The van der Waals surface area contributed by atoms with Gasteiger partial charge in [0, 0.05) is 7.05 Å². The van der Waals surface area contributed by atoms with Gasteiger partial charge < -0.3 is 14.4 Å². The Bertz CT molecular complexity index is 530. The second-order valence-electron chi connectivity index (χ2n) is 4.37. The first-order valence-electron chi connectivity index (χ1n) is 6.48. The molecule has 0 N–H and O–H groups in total. The number of ether oxygens (including phenoxy) is 2. The van der Waals surface area contributed by atoms with Crippen molar-refractivity contribution in [2.75, 3.05) is 33.4 Å². The van der Waals surface area contributed by atoms with Crippen LogP contribution in [0.4, 0.5) is 0 Å². The zero-order valence-electron chi connectivity index (χ0n) is 11.8. The van der Waals surface area contributed by atoms with Crippen molar-refractivity contribution in [3.8, 4) is 0 Å². The molecule has 0 atom stereocenters. The van der Waals surface area contributed by atoms with E-state index in [9.17, 15) is 9.59 Å². The molecule has 8 heteroatoms. The van der Waals surface area contributed by atoms with Crippen LogP contribution in [0.25, 0.3) is 0 Å². The quantitative estimate of drug-likeness (QED) is 0.435. The topological polar surface area (TPSA) is 59.1 Å². The number of carbonyl (C=O) groups is 2. The number of thioether (sulfide) groups is 1. The van der Waals surface area contributed by atoms with Crippen molar-refractivity contribution in [3.05, 3.63) is 22.9 Å². The van der Waals surface area contributed by atoms with E-state index < -0.39 is 5.97 Å². The SMILES string of the molecule is CCOC(=O)CN1C(=O)/C(=C\C=C2/OCCN2C)SC1=S. The van der Waals surface area contributed by atoms with E-state index >= 15 is 0 Å². The Morgan fingerprint density at radius 2 is 2.29 bits per heavy atom. The molecule has 2 rings (SSSR count). The normalized spacial score (nSPS) is 22.4. The van der Waals surface area contributed by atoms with Gasteiger partial charge in [-0.1, -0.05) is 24.0 Å². The van der Waals surface area contributed by atoms with Crippen molar-refractivity contribution in [1.29, 1.82) is 0 Å². The molecule has 0 aromatic carbocycles. The number of hydrogen-bond acceptors (Lipinski definition) is 7. The van der Waals surface area contributed by atoms with E-state index in [1.165, 1.54) is 16.7 Å². The van der Waals surface area contributed by atoms with Crippen LogP contribution in [0.5, 0.6) is 0 Å². The first kappa shape index (κ1) is 15.8. The number of hydrogen-bond donors (Lipinski definition) is 0. The van der Waals surface area contributed by atoms with Crippen molar-refractivity contribution in [2.24, 2.45) is 0 Å². The first-order chi connectivity index (χ1) is 10.0. The molecule has 114 valence electrons. The van der Waals surface area contributed by atoms with Crippen LogP contribution in [0.15, 0.2) is 22.9 Å². The van der Waals surface area contributed by atoms with E-state index in [0.717, 1.165) is 6.54 Å². The number of nitrogens with zero attached hydrogens (tertiary/aromatic N) is 2. The highest BCUT2D eigenvalue weighted by Gasteiger charge is 2.33. The largest absolute Gasteiger partial charge is 0.477 e. The maximum absolute atomic E-state index is 12.2. The van der Waals surface area contributed by atoms with Crippen molar-refractivity contribution >= 4 is 40.2 Å². The average Bonchev–Trinajstić information content (AvgIpc) is 2.95. The van der Waals surface area contributed by atoms with Gasteiger partial charge in [-0.05, 0) is 19.1 Å². The molecule has 1 amide bonds. The lowest BCUT2D eigenvalue weighted by molar-refractivity contribution is -0.145. The maximum Gasteiger partial charge on any atom is 0.326 e. The second-order valence-corrected chi connectivity index (χ2v) is 6.05. The van der Waals surface area contributed by atoms with E-state index in [0.29, 0.717) is 21.7 Å². The number of carbonyl (C=O) groups excluding carboxylic acids is 2. The molecule has 2 heterocycles. The molecule has 2 saturated heterocycles. The van der Waals surface area contributed by atoms with Gasteiger partial charge in [-0.25, -0.2) is 0 Å². The monoisotopic (exact) mass is 328 g/mol. The molecule has 0 aromatic rings. The number of rotatable bonds is 4. The third kappa shape index (κ3) is 3.76. The molecule has 2 aliphatic rings. The van der Waals surface area contributed by atoms with Gasteiger partial charge in [0.15, 0.2) is 5.88 Å². The predicted octanol–water partition coefficient (Wildman–Crippen LogP) is 1.10. The van der Waals surface area contributed by atoms with Gasteiger partial charge in [0.1, 0.15) is 17.5 Å². The van der Waals surface area contributed by atoms with Gasteiger partial charge in [-0.15, -0.1) is 0 Å². The lowest BCUT2D eigenvalue weighted by Gasteiger charge is -2.12. The van der Waals surface area contributed by atoms with Crippen molar-refractivity contribution in [3.63, 3.8) is 0 Å². The van der Waals surface area contributed by atoms with E-state index in [2.05, 4.69) is 0 Å². The second kappa shape index (κ2) is 6.95. The molecule has 2 aliphatic heterocycles. The molecular formula is C13H16N2O4S2. The standard InChI is InChI=1S/C13H16N2O4S2/c1-3-18-11(16)8-15-12(17)9(21-13(15)20)4-5-10-14(2)6-7-19-10/h4-5H,3,6-8H2,1-2H3/b9-4+,10-5-. The highest BCUT2D eigenvalue weighted by Crippen LogP contribution is 2.31. The Morgan fingerprint density at radius 1 is 1.52 bits per heavy atom. The Kier molecular flexibility index (Phi) is 5.24. The number of thiocarbonyl (C=S) groups is 1. The van der Waals surface area contributed by atoms with Crippen molar-refractivity contribution < 1.29 is 19.1 Å². The van der Waals surface area contributed by atoms with Gasteiger partial charge in [0.2, 0.25) is 0 Å². The minimum Gasteiger partial charge on any atom is -0.477 e. The molecule has 0 aliphatic carbocycles. The molecule has 0 bridgehead atoms. The molecule has 21 heavy (non-hydrogen) atoms. The molecule has 6 nitrogen and oxygen atoms in total. The smallest absolute Gasteiger partial charge is 0.326 e. The van der Waals surface area contributed by atoms with Crippen LogP contribution >= 0.6 is 24.0 Å². The van der Waals surface area contributed by atoms with Gasteiger partial charge in [-0.3, -0.25) is 14.5 Å². The number of likely N-dealkylation sites (N-methyl/N-ethyl adjacent to an activating group) is 1. The summed E-state index contributed by atoms with van der Waals surface area (Å²) in [6, 6.07) is 0. The molecule has 0 spiro atoms. The lowest BCUT2D eigenvalue weighted by Crippen LogP contribution is -2.34. The van der Waals surface area contributed by atoms with Crippen LogP contribution in [0.3, 0.4) is 0 Å². The van der Waals surface area contributed by atoms with Crippen LogP contribution in [-0.2, 0) is 19.1 Å². The van der Waals surface area contributed by atoms with Gasteiger partial charge in [0.05, 0.1) is 18.1 Å². The minimum atomic E-state index is -0.465. The molecule has 2 fully saturated rings. The van der Waals surface area contributed by atoms with E-state index in [1.807, 2.05) is 11.9 Å². The van der Waals surface area contributed by atoms with Crippen LogP contribution < -0.4 is 0 Å². The zero-order chi connectivity index (χ0) is 15.4. The van der Waals surface area contributed by atoms with Crippen LogP contribution in [-0.4, -0.2) is 59.3 Å². The van der Waals surface area contributed by atoms with Gasteiger partial charge >= 0.3 is 5.97 Å².